The number of carbonyl (C=O) groups excluding carboxylic acids is 1. The Bertz CT molecular complexity index is 46.0. The summed E-state index contributed by atoms with van der Waals surface area (Å²) >= 11 is 2.66. The molecule has 0 atom stereocenters. The van der Waals surface area contributed by atoms with Gasteiger partial charge in [0.15, 0.2) is 0 Å². The minimum atomic E-state index is -0.254. The molecule has 1 nitrogen and oxygen atoms in total. The monoisotopic (exact) mass is 209 g/mol. The summed E-state index contributed by atoms with van der Waals surface area (Å²) in [6, 6.07) is 0. The molecule has 0 radical (unpaired) electrons. The first-order valence-corrected chi connectivity index (χ1v) is 5.36. The van der Waals surface area contributed by atoms with Crippen molar-refractivity contribution in [2.75, 3.05) is 0 Å². The van der Waals surface area contributed by atoms with Crippen molar-refractivity contribution in [2.24, 2.45) is 0 Å². The molecule has 0 saturated carbocycles. The van der Waals surface area contributed by atoms with Gasteiger partial charge in [0.25, 0.3) is 0 Å². The van der Waals surface area contributed by atoms with Crippen molar-refractivity contribution in [3.63, 3.8) is 0 Å². The molecule has 0 aliphatic rings. The molecular weight excluding hydrogens is 209 g/mol. The van der Waals surface area contributed by atoms with E-state index in [1.807, 2.05) is 0 Å². The van der Waals surface area contributed by atoms with Crippen LogP contribution < -0.4 is 0 Å². The summed E-state index contributed by atoms with van der Waals surface area (Å²) in [6.45, 7) is 0. The summed E-state index contributed by atoms with van der Waals surface area (Å²) in [6.07, 6.45) is 0. The number of hydrogen-bond acceptors (Lipinski definition) is 1. The molecule has 0 bridgehead atoms. The van der Waals surface area contributed by atoms with Crippen molar-refractivity contribution in [2.45, 2.75) is 0 Å². The summed E-state index contributed by atoms with van der Waals surface area (Å²) in [4.78, 5) is 9.04. The Morgan fingerprint density at radius 2 is 2.25 bits per heavy atom. The average Bonchev–Trinajstić information content (AvgIpc) is 1.37. The molecule has 0 fully saturated rings. The molecular formula is CBrORu. The van der Waals surface area contributed by atoms with Gasteiger partial charge >= 0.3 is 37.6 Å². The number of halogens is 1. The standard InChI is InChI=1S/CO.BrH.Ru/c1-2;;/h;1H;/q;;+1/p-1. The van der Waals surface area contributed by atoms with E-state index in [1.54, 1.807) is 4.47 Å². The van der Waals surface area contributed by atoms with Crippen LogP contribution in [0.3, 0.4) is 0 Å². The van der Waals surface area contributed by atoms with Crippen LogP contribution in [0.5, 0.6) is 0 Å². The molecule has 0 aliphatic heterocycles. The molecule has 0 spiro atoms. The Morgan fingerprint density at radius 3 is 2.25 bits per heavy atom. The normalized spacial score (nSPS) is 5.25. The van der Waals surface area contributed by atoms with Crippen LogP contribution in [0.25, 0.3) is 0 Å². The van der Waals surface area contributed by atoms with Crippen molar-refractivity contribution in [1.29, 1.82) is 0 Å². The van der Waals surface area contributed by atoms with Crippen LogP contribution in [-0.2, 0) is 19.5 Å². The molecule has 0 N–H and O–H groups in total. The van der Waals surface area contributed by atoms with Crippen LogP contribution in [0.15, 0.2) is 0 Å². The van der Waals surface area contributed by atoms with E-state index < -0.39 is 0 Å². The maximum atomic E-state index is 9.04. The Morgan fingerprint density at radius 1 is 2.00 bits per heavy atom. The van der Waals surface area contributed by atoms with Crippen LogP contribution in [0.4, 0.5) is 0 Å². The molecule has 0 aliphatic carbocycles. The van der Waals surface area contributed by atoms with Crippen LogP contribution in [-0.4, -0.2) is 4.47 Å². The van der Waals surface area contributed by atoms with Crippen LogP contribution in [0, 0.1) is 0 Å². The fourth-order valence-corrected chi connectivity index (χ4v) is 0. The van der Waals surface area contributed by atoms with Gasteiger partial charge < -0.3 is 0 Å². The van der Waals surface area contributed by atoms with Crippen molar-refractivity contribution < 1.29 is 19.5 Å². The molecule has 25 valence electrons. The van der Waals surface area contributed by atoms with E-state index >= 15 is 0 Å². The first-order chi connectivity index (χ1) is 1.91. The van der Waals surface area contributed by atoms with Gasteiger partial charge in [0, 0.05) is 0 Å². The van der Waals surface area contributed by atoms with Gasteiger partial charge in [-0.3, -0.25) is 0 Å². The number of rotatable bonds is 0. The van der Waals surface area contributed by atoms with Crippen LogP contribution in [0.2, 0.25) is 0 Å². The molecule has 0 aromatic rings. The van der Waals surface area contributed by atoms with Gasteiger partial charge in [0.2, 0.25) is 0 Å². The van der Waals surface area contributed by atoms with E-state index in [2.05, 4.69) is 13.6 Å². The molecule has 0 aromatic carbocycles. The number of hydrogen-bond donors (Lipinski definition) is 0. The zero-order chi connectivity index (χ0) is 3.41. The first-order valence-electron chi connectivity index (χ1n) is 0.515. The summed E-state index contributed by atoms with van der Waals surface area (Å²) in [5.74, 6) is 0. The van der Waals surface area contributed by atoms with E-state index in [9.17, 15) is 0 Å². The van der Waals surface area contributed by atoms with Gasteiger partial charge in [-0.05, 0) is 0 Å². The van der Waals surface area contributed by atoms with E-state index in [0.717, 1.165) is 0 Å². The Kier molecular flexibility index (Phi) is 4.31. The van der Waals surface area contributed by atoms with Crippen molar-refractivity contribution in [3.8, 4) is 0 Å². The topological polar surface area (TPSA) is 17.1 Å². The quantitative estimate of drug-likeness (QED) is 0.529. The predicted octanol–water partition coefficient (Wildman–Crippen LogP) is 0.446. The van der Waals surface area contributed by atoms with E-state index in [-0.39, 0.29) is 14.7 Å². The van der Waals surface area contributed by atoms with Crippen molar-refractivity contribution in [1.82, 2.24) is 0 Å². The molecule has 4 heavy (non-hydrogen) atoms. The molecule has 3 heteroatoms. The summed E-state index contributed by atoms with van der Waals surface area (Å²) < 4.78 is 1.69. The second-order valence-electron chi connectivity index (χ2n) is 0.139. The summed E-state index contributed by atoms with van der Waals surface area (Å²) in [5, 5.41) is 0. The zero-order valence-corrected chi connectivity index (χ0v) is 4.96. The third-order valence-corrected chi connectivity index (χ3v) is 0.839. The Labute approximate surface area is 37.9 Å². The fraction of sp³-hybridized carbons (Fsp3) is 0. The van der Waals surface area contributed by atoms with E-state index in [1.165, 1.54) is 0 Å². The average molecular weight is 209 g/mol. The second kappa shape index (κ2) is 3.68. The minimum absolute atomic E-state index is 0.254. The molecule has 0 unspecified atom stereocenters. The van der Waals surface area contributed by atoms with Crippen LogP contribution in [0.1, 0.15) is 0 Å². The molecule has 0 heterocycles. The van der Waals surface area contributed by atoms with E-state index in [4.69, 9.17) is 4.79 Å². The van der Waals surface area contributed by atoms with Gasteiger partial charge in [0.1, 0.15) is 0 Å². The van der Waals surface area contributed by atoms with E-state index in [0.29, 0.717) is 0 Å². The Balaban J connectivity index is 3.11. The van der Waals surface area contributed by atoms with Gasteiger partial charge in [-0.15, -0.1) is 0 Å². The molecule has 0 aromatic heterocycles. The zero-order valence-electron chi connectivity index (χ0n) is 1.64. The Hall–Kier alpha value is 0.683. The van der Waals surface area contributed by atoms with Crippen LogP contribution >= 0.6 is 13.6 Å². The van der Waals surface area contributed by atoms with Gasteiger partial charge in [-0.2, -0.15) is 0 Å². The first kappa shape index (κ1) is 4.68. The second-order valence-corrected chi connectivity index (χ2v) is 2.48. The molecule has 0 amide bonds. The summed E-state index contributed by atoms with van der Waals surface area (Å²) in [7, 11) is 0. The van der Waals surface area contributed by atoms with Gasteiger partial charge in [0.05, 0.1) is 0 Å². The predicted molar refractivity (Wildman–Crippen MR) is 14.6 cm³/mol. The van der Waals surface area contributed by atoms with Gasteiger partial charge in [-0.25, -0.2) is 0 Å². The SMILES string of the molecule is O=[C]=[Ru][Br]. The molecule has 0 saturated heterocycles. The third kappa shape index (κ3) is 2.68. The fourth-order valence-electron chi connectivity index (χ4n) is 0. The third-order valence-electron chi connectivity index (χ3n) is 0.0273. The maximum absolute atomic E-state index is 9.04. The van der Waals surface area contributed by atoms with Crippen molar-refractivity contribution in [3.05, 3.63) is 0 Å². The van der Waals surface area contributed by atoms with Gasteiger partial charge in [-0.1, -0.05) is 0 Å². The molecule has 0 rings (SSSR count). The van der Waals surface area contributed by atoms with Crippen molar-refractivity contribution >= 4 is 18.1 Å². The summed E-state index contributed by atoms with van der Waals surface area (Å²) in [5.41, 5.74) is 0.